The van der Waals surface area contributed by atoms with Gasteiger partial charge in [-0.15, -0.1) is 5.54 Å². The molecule has 0 saturated heterocycles. The molecule has 0 unspecified atom stereocenters. The number of rotatable bonds is 0. The second-order valence-electron chi connectivity index (χ2n) is 0.362. The Bertz CT molecular complexity index is 24.0. The summed E-state index contributed by atoms with van der Waals surface area (Å²) in [6.45, 7) is 3.29. The second kappa shape index (κ2) is 16.9. The van der Waals surface area contributed by atoms with E-state index in [0.29, 0.717) is 0 Å². The molecule has 0 saturated carbocycles. The molecule has 0 amide bonds. The Kier molecular flexibility index (Phi) is 28.1. The third kappa shape index (κ3) is 21.0. The van der Waals surface area contributed by atoms with E-state index in [1.807, 2.05) is 0 Å². The van der Waals surface area contributed by atoms with Crippen LogP contribution in [0.3, 0.4) is 0 Å². The van der Waals surface area contributed by atoms with Gasteiger partial charge in [0, 0.05) is 0 Å². The molecule has 0 bridgehead atoms. The zero-order chi connectivity index (χ0) is 5.41. The van der Waals surface area contributed by atoms with E-state index in [4.69, 9.17) is 11.6 Å². The van der Waals surface area contributed by atoms with E-state index in [9.17, 15) is 0 Å². The van der Waals surface area contributed by atoms with Crippen molar-refractivity contribution >= 4 is 21.1 Å². The molecule has 3 heteroatoms. The predicted octanol–water partition coefficient (Wildman–Crippen LogP) is 2.26. The monoisotopic (exact) mass is 216 g/mol. The molecule has 0 heterocycles. The van der Waals surface area contributed by atoms with Crippen LogP contribution in [-0.4, -0.2) is 0 Å². The van der Waals surface area contributed by atoms with Gasteiger partial charge in [-0.3, -0.25) is 0 Å². The Labute approximate surface area is 57.9 Å². The van der Waals surface area contributed by atoms with Gasteiger partial charge in [0.15, 0.2) is 0 Å². The maximum atomic E-state index is 4.94. The fourth-order valence-corrected chi connectivity index (χ4v) is 0. The fourth-order valence-electron chi connectivity index (χ4n) is 0. The molecule has 40 valence electrons. The second-order valence-corrected chi connectivity index (χ2v) is 0.614. The minimum atomic E-state index is 1.36. The van der Waals surface area contributed by atoms with Crippen molar-refractivity contribution in [2.24, 2.45) is 0 Å². The number of halogens is 2. The van der Waals surface area contributed by atoms with E-state index < -0.39 is 0 Å². The molecular formula is C3H4Cl2Pd. The average Bonchev–Trinajstić information content (AvgIpc) is 1.72. The van der Waals surface area contributed by atoms with Gasteiger partial charge in [-0.25, -0.2) is 24.6 Å². The van der Waals surface area contributed by atoms with E-state index in [0.717, 1.165) is 0 Å². The molecule has 0 spiro atoms. The van der Waals surface area contributed by atoms with Crippen molar-refractivity contribution in [1.82, 2.24) is 0 Å². The Morgan fingerprint density at radius 2 is 1.67 bits per heavy atom. The van der Waals surface area contributed by atoms with Gasteiger partial charge in [0.2, 0.25) is 0 Å². The van der Waals surface area contributed by atoms with Crippen LogP contribution < -0.4 is 0 Å². The molecule has 6 heavy (non-hydrogen) atoms. The van der Waals surface area contributed by atoms with Crippen LogP contribution in [0.5, 0.6) is 0 Å². The molecule has 0 atom stereocenters. The molecule has 0 nitrogen and oxygen atoms in total. The summed E-state index contributed by atoms with van der Waals surface area (Å²) in [7, 11) is 4.49. The zero-order valence-corrected chi connectivity index (χ0v) is 6.00. The summed E-state index contributed by atoms with van der Waals surface area (Å²) in [6.07, 6.45) is 1.52. The van der Waals surface area contributed by atoms with E-state index in [1.54, 1.807) is 0 Å². The van der Waals surface area contributed by atoms with Crippen LogP contribution >= 0.6 is 21.1 Å². The van der Waals surface area contributed by atoms with Crippen LogP contribution in [0.25, 0.3) is 0 Å². The van der Waals surface area contributed by atoms with E-state index in [2.05, 4.69) is 34.6 Å². The first-order valence-electron chi connectivity index (χ1n) is 1.08. The van der Waals surface area contributed by atoms with Gasteiger partial charge in [0.05, 0.1) is 0 Å². The minimum absolute atomic E-state index is 1.36. The quantitative estimate of drug-likeness (QED) is 0.431. The molecule has 0 aromatic heterocycles. The van der Waals surface area contributed by atoms with E-state index in [1.165, 1.54) is 11.6 Å². The average molecular weight is 217 g/mol. The van der Waals surface area contributed by atoms with Crippen LogP contribution in [0.4, 0.5) is 0 Å². The zero-order valence-electron chi connectivity index (χ0n) is 2.93. The first kappa shape index (κ1) is 9.97. The van der Waals surface area contributed by atoms with E-state index in [-0.39, 0.29) is 0 Å². The number of hydrogen-bond acceptors (Lipinski definition) is 0. The summed E-state index contributed by atoms with van der Waals surface area (Å²) in [4.78, 5) is 0. The summed E-state index contributed by atoms with van der Waals surface area (Å²) in [5.41, 5.74) is 1.36. The molecule has 0 rings (SSSR count). The molecule has 0 aromatic rings. The predicted molar refractivity (Wildman–Crippen MR) is 26.2 cm³/mol. The third-order valence-electron chi connectivity index (χ3n) is 0.0891. The summed E-state index contributed by atoms with van der Waals surface area (Å²) in [5.74, 6) is 0. The Morgan fingerprint density at radius 3 is 1.67 bits per heavy atom. The third-order valence-corrected chi connectivity index (χ3v) is 0.267. The molecule has 0 aliphatic carbocycles. The Morgan fingerprint density at radius 1 is 1.50 bits per heavy atom. The number of hydrogen-bond donors (Lipinski definition) is 0. The molecule has 0 fully saturated rings. The van der Waals surface area contributed by atoms with E-state index >= 15 is 0 Å². The van der Waals surface area contributed by atoms with Crippen LogP contribution in [0.1, 0.15) is 0 Å². The van der Waals surface area contributed by atoms with Crippen LogP contribution in [0.2, 0.25) is 0 Å². The SMILES string of the molecule is [CH2-]C=CCl.[Cl][Pd+]. The molecule has 0 aliphatic heterocycles. The molecule has 0 aliphatic rings. The van der Waals surface area contributed by atoms with Crippen molar-refractivity contribution in [2.75, 3.05) is 0 Å². The van der Waals surface area contributed by atoms with Gasteiger partial charge >= 0.3 is 27.7 Å². The van der Waals surface area contributed by atoms with Crippen molar-refractivity contribution < 1.29 is 18.2 Å². The summed E-state index contributed by atoms with van der Waals surface area (Å²) >= 11 is 7.17. The standard InChI is InChI=1S/C3H4Cl.ClH.Pd/c1-2-3-4;;/h2-3H,1H2;1H;/q-1;;+2/p-1. The van der Waals surface area contributed by atoms with Gasteiger partial charge in [0.1, 0.15) is 0 Å². The van der Waals surface area contributed by atoms with Crippen molar-refractivity contribution in [1.29, 1.82) is 0 Å². The van der Waals surface area contributed by atoms with Crippen LogP contribution in [0.15, 0.2) is 11.6 Å². The van der Waals surface area contributed by atoms with Crippen LogP contribution in [-0.2, 0) is 18.2 Å². The molecule has 0 N–H and O–H groups in total. The van der Waals surface area contributed by atoms with Gasteiger partial charge in [-0.2, -0.15) is 0 Å². The van der Waals surface area contributed by atoms with Gasteiger partial charge in [-0.1, -0.05) is 0 Å². The van der Waals surface area contributed by atoms with Crippen molar-refractivity contribution in [3.8, 4) is 0 Å². The fraction of sp³-hybridized carbons (Fsp3) is 0. The van der Waals surface area contributed by atoms with Crippen molar-refractivity contribution in [2.45, 2.75) is 0 Å². The summed E-state index contributed by atoms with van der Waals surface area (Å²) in [5, 5.41) is 0. The maximum absolute atomic E-state index is 4.94. The molecule has 0 radical (unpaired) electrons. The molecular weight excluding hydrogens is 213 g/mol. The van der Waals surface area contributed by atoms with Gasteiger partial charge in [-0.05, 0) is 0 Å². The summed E-state index contributed by atoms with van der Waals surface area (Å²) in [6, 6.07) is 0. The Hall–Kier alpha value is 0.852. The van der Waals surface area contributed by atoms with Gasteiger partial charge < -0.3 is 0 Å². The number of allylic oxidation sites excluding steroid dienone is 1. The topological polar surface area (TPSA) is 0 Å². The van der Waals surface area contributed by atoms with Crippen molar-refractivity contribution in [3.05, 3.63) is 18.5 Å². The Balaban J connectivity index is 0. The molecule has 0 aromatic carbocycles. The van der Waals surface area contributed by atoms with Gasteiger partial charge in [0.25, 0.3) is 0 Å². The summed E-state index contributed by atoms with van der Waals surface area (Å²) < 4.78 is 0. The normalized spacial score (nSPS) is 7.33. The first-order chi connectivity index (χ1) is 2.91. The van der Waals surface area contributed by atoms with Crippen molar-refractivity contribution in [3.63, 3.8) is 0 Å². The first-order valence-corrected chi connectivity index (χ1v) is 3.52. The van der Waals surface area contributed by atoms with Crippen LogP contribution in [0, 0.1) is 6.92 Å².